The average molecular weight is 440 g/mol. The van der Waals surface area contributed by atoms with E-state index in [1.165, 1.54) is 16.2 Å². The zero-order chi connectivity index (χ0) is 22.0. The third kappa shape index (κ3) is 4.24. The first kappa shape index (κ1) is 21.6. The predicted molar refractivity (Wildman–Crippen MR) is 122 cm³/mol. The molecule has 1 atom stereocenters. The number of amides is 3. The molecule has 2 aliphatic heterocycles. The van der Waals surface area contributed by atoms with Crippen LogP contribution in [0, 0.1) is 5.92 Å². The maximum atomic E-state index is 13.2. The van der Waals surface area contributed by atoms with Gasteiger partial charge < -0.3 is 9.80 Å². The van der Waals surface area contributed by atoms with Crippen LogP contribution >= 0.6 is 11.3 Å². The SMILES string of the molecule is CCCCN(C)C(=O)[C@H]1CCCN(c2cccc3c2C(=O)N(Cc2cccs2)C3=O)C1. The van der Waals surface area contributed by atoms with Crippen molar-refractivity contribution in [3.8, 4) is 0 Å². The lowest BCUT2D eigenvalue weighted by Gasteiger charge is -2.36. The molecule has 0 aliphatic carbocycles. The van der Waals surface area contributed by atoms with Crippen molar-refractivity contribution in [2.24, 2.45) is 5.92 Å². The van der Waals surface area contributed by atoms with Crippen molar-refractivity contribution in [2.75, 3.05) is 31.6 Å². The van der Waals surface area contributed by atoms with E-state index in [4.69, 9.17) is 0 Å². The highest BCUT2D eigenvalue weighted by atomic mass is 32.1. The van der Waals surface area contributed by atoms with Crippen molar-refractivity contribution < 1.29 is 14.4 Å². The number of imide groups is 1. The molecule has 0 saturated carbocycles. The van der Waals surface area contributed by atoms with Gasteiger partial charge in [-0.2, -0.15) is 0 Å². The molecule has 3 heterocycles. The van der Waals surface area contributed by atoms with Crippen LogP contribution in [0.25, 0.3) is 0 Å². The molecule has 0 spiro atoms. The molecule has 6 nitrogen and oxygen atoms in total. The summed E-state index contributed by atoms with van der Waals surface area (Å²) in [6.45, 7) is 4.56. The number of hydrogen-bond donors (Lipinski definition) is 0. The fraction of sp³-hybridized carbons (Fsp3) is 0.458. The lowest BCUT2D eigenvalue weighted by atomic mass is 9.95. The summed E-state index contributed by atoms with van der Waals surface area (Å²) in [7, 11) is 1.88. The molecule has 0 radical (unpaired) electrons. The number of thiophene rings is 1. The lowest BCUT2D eigenvalue weighted by molar-refractivity contribution is -0.134. The van der Waals surface area contributed by atoms with E-state index in [1.807, 2.05) is 41.6 Å². The smallest absolute Gasteiger partial charge is 0.264 e. The topological polar surface area (TPSA) is 60.9 Å². The molecular weight excluding hydrogens is 410 g/mol. The molecule has 1 saturated heterocycles. The Kier molecular flexibility index (Phi) is 6.41. The molecular formula is C24H29N3O3S. The van der Waals surface area contributed by atoms with E-state index < -0.39 is 0 Å². The predicted octanol–water partition coefficient (Wildman–Crippen LogP) is 4.02. The summed E-state index contributed by atoms with van der Waals surface area (Å²) in [5.41, 5.74) is 1.72. The van der Waals surface area contributed by atoms with Crippen molar-refractivity contribution in [1.82, 2.24) is 9.80 Å². The minimum Gasteiger partial charge on any atom is -0.370 e. The van der Waals surface area contributed by atoms with Crippen LogP contribution in [-0.2, 0) is 11.3 Å². The van der Waals surface area contributed by atoms with E-state index in [0.717, 1.165) is 49.3 Å². The third-order valence-electron chi connectivity index (χ3n) is 6.21. The number of benzene rings is 1. The first-order chi connectivity index (χ1) is 15.0. The maximum absolute atomic E-state index is 13.2. The highest BCUT2D eigenvalue weighted by Gasteiger charge is 2.39. The Morgan fingerprint density at radius 2 is 2.03 bits per heavy atom. The van der Waals surface area contributed by atoms with E-state index in [-0.39, 0.29) is 23.6 Å². The number of rotatable bonds is 7. The molecule has 2 aromatic rings. The molecule has 1 aromatic heterocycles. The van der Waals surface area contributed by atoms with Crippen molar-refractivity contribution in [1.29, 1.82) is 0 Å². The fourth-order valence-electron chi connectivity index (χ4n) is 4.50. The van der Waals surface area contributed by atoms with Crippen LogP contribution in [0.1, 0.15) is 58.2 Å². The fourth-order valence-corrected chi connectivity index (χ4v) is 5.19. The minimum atomic E-state index is -0.238. The van der Waals surface area contributed by atoms with Crippen LogP contribution in [0.15, 0.2) is 35.7 Å². The van der Waals surface area contributed by atoms with Gasteiger partial charge in [-0.3, -0.25) is 19.3 Å². The monoisotopic (exact) mass is 439 g/mol. The van der Waals surface area contributed by atoms with Gasteiger partial charge in [-0.1, -0.05) is 25.5 Å². The molecule has 1 fully saturated rings. The minimum absolute atomic E-state index is 0.0825. The molecule has 2 aliphatic rings. The van der Waals surface area contributed by atoms with Crippen molar-refractivity contribution >= 4 is 34.7 Å². The summed E-state index contributed by atoms with van der Waals surface area (Å²) < 4.78 is 0. The zero-order valence-electron chi connectivity index (χ0n) is 18.2. The van der Waals surface area contributed by atoms with Gasteiger partial charge in [0.25, 0.3) is 11.8 Å². The number of fused-ring (bicyclic) bond motifs is 1. The van der Waals surface area contributed by atoms with Gasteiger partial charge in [0.1, 0.15) is 0 Å². The second kappa shape index (κ2) is 9.22. The summed E-state index contributed by atoms with van der Waals surface area (Å²) in [6.07, 6.45) is 3.81. The standard InChI is InChI=1S/C24H29N3O3S/c1-3-4-12-25(2)22(28)17-8-6-13-26(15-17)20-11-5-10-19-21(20)24(30)27(23(19)29)16-18-9-7-14-31-18/h5,7,9-11,14,17H,3-4,6,8,12-13,15-16H2,1-2H3/t17-/m0/s1. The van der Waals surface area contributed by atoms with Crippen LogP contribution in [0.2, 0.25) is 0 Å². The van der Waals surface area contributed by atoms with Crippen LogP contribution in [0.4, 0.5) is 5.69 Å². The second-order valence-electron chi connectivity index (χ2n) is 8.37. The van der Waals surface area contributed by atoms with Gasteiger partial charge in [-0.15, -0.1) is 11.3 Å². The number of unbranched alkanes of at least 4 members (excludes halogenated alkanes) is 1. The zero-order valence-corrected chi connectivity index (χ0v) is 19.0. The summed E-state index contributed by atoms with van der Waals surface area (Å²) in [5.74, 6) is -0.384. The molecule has 0 N–H and O–H groups in total. The van der Waals surface area contributed by atoms with Gasteiger partial charge in [-0.25, -0.2) is 0 Å². The summed E-state index contributed by atoms with van der Waals surface area (Å²) in [4.78, 5) is 45.4. The number of carbonyl (C=O) groups excluding carboxylic acids is 3. The van der Waals surface area contributed by atoms with Crippen molar-refractivity contribution in [3.63, 3.8) is 0 Å². The van der Waals surface area contributed by atoms with Gasteiger partial charge >= 0.3 is 0 Å². The molecule has 0 unspecified atom stereocenters. The van der Waals surface area contributed by atoms with Gasteiger partial charge in [-0.05, 0) is 42.8 Å². The van der Waals surface area contributed by atoms with E-state index in [1.54, 1.807) is 6.07 Å². The van der Waals surface area contributed by atoms with E-state index in [0.29, 0.717) is 24.2 Å². The molecule has 0 bridgehead atoms. The maximum Gasteiger partial charge on any atom is 0.264 e. The number of nitrogens with zero attached hydrogens (tertiary/aromatic N) is 3. The highest BCUT2D eigenvalue weighted by Crippen LogP contribution is 2.35. The molecule has 1 aromatic carbocycles. The summed E-state index contributed by atoms with van der Waals surface area (Å²) in [6, 6.07) is 9.34. The molecule has 3 amide bonds. The molecule has 7 heteroatoms. The Bertz CT molecular complexity index is 972. The quantitative estimate of drug-likeness (QED) is 0.612. The Labute approximate surface area is 187 Å². The Balaban J connectivity index is 1.55. The van der Waals surface area contributed by atoms with Gasteiger partial charge in [0.05, 0.1) is 29.3 Å². The molecule has 164 valence electrons. The van der Waals surface area contributed by atoms with E-state index in [2.05, 4.69) is 11.8 Å². The first-order valence-corrected chi connectivity index (χ1v) is 11.9. The molecule has 31 heavy (non-hydrogen) atoms. The lowest BCUT2D eigenvalue weighted by Crippen LogP contribution is -2.44. The van der Waals surface area contributed by atoms with E-state index >= 15 is 0 Å². The normalized spacial score (nSPS) is 18.5. The van der Waals surface area contributed by atoms with Crippen LogP contribution in [0.3, 0.4) is 0 Å². The van der Waals surface area contributed by atoms with Crippen molar-refractivity contribution in [2.45, 2.75) is 39.2 Å². The second-order valence-corrected chi connectivity index (χ2v) is 9.41. The third-order valence-corrected chi connectivity index (χ3v) is 7.07. The number of piperidine rings is 1. The molecule has 4 rings (SSSR count). The summed E-state index contributed by atoms with van der Waals surface area (Å²) in [5, 5.41) is 1.95. The van der Waals surface area contributed by atoms with Gasteiger partial charge in [0.15, 0.2) is 0 Å². The Hall–Kier alpha value is -2.67. The van der Waals surface area contributed by atoms with Crippen LogP contribution in [0.5, 0.6) is 0 Å². The summed E-state index contributed by atoms with van der Waals surface area (Å²) >= 11 is 1.54. The van der Waals surface area contributed by atoms with Gasteiger partial charge in [0.2, 0.25) is 5.91 Å². The Morgan fingerprint density at radius 1 is 1.19 bits per heavy atom. The van der Waals surface area contributed by atoms with E-state index in [9.17, 15) is 14.4 Å². The van der Waals surface area contributed by atoms with Gasteiger partial charge in [0, 0.05) is 31.6 Å². The highest BCUT2D eigenvalue weighted by molar-refractivity contribution is 7.09. The Morgan fingerprint density at radius 3 is 2.77 bits per heavy atom. The van der Waals surface area contributed by atoms with Crippen LogP contribution in [-0.4, -0.2) is 54.2 Å². The first-order valence-electron chi connectivity index (χ1n) is 11.0. The largest absolute Gasteiger partial charge is 0.370 e. The average Bonchev–Trinajstić information content (AvgIpc) is 3.40. The van der Waals surface area contributed by atoms with Crippen LogP contribution < -0.4 is 4.90 Å². The number of carbonyl (C=O) groups is 3. The van der Waals surface area contributed by atoms with Crippen molar-refractivity contribution in [3.05, 3.63) is 51.7 Å². The number of hydrogen-bond acceptors (Lipinski definition) is 5. The number of anilines is 1.